The monoisotopic (exact) mass is 604 g/mol. The third-order valence-electron chi connectivity index (χ3n) is 5.78. The molecule has 0 fully saturated rings. The standard InChI is InChI=1S/C29H31BrCl2N2O3/c1-19(2)16-33-29(36)27(15-21-7-5-4-6-8-21)34(17-22-9-12-25(31)26(32)14-22)28(35)18-37-23-10-11-24(30)20(3)13-23/h4-14,19,27H,15-18H2,1-3H3,(H,33,36)/t27-/m0/s1. The molecule has 3 aromatic carbocycles. The number of hydrogen-bond acceptors (Lipinski definition) is 3. The maximum absolute atomic E-state index is 13.7. The summed E-state index contributed by atoms with van der Waals surface area (Å²) in [6, 6.07) is 19.6. The zero-order valence-electron chi connectivity index (χ0n) is 21.1. The highest BCUT2D eigenvalue weighted by Crippen LogP contribution is 2.25. The average molecular weight is 606 g/mol. The van der Waals surface area contributed by atoms with Gasteiger partial charge in [0.2, 0.25) is 5.91 Å². The van der Waals surface area contributed by atoms with Crippen molar-refractivity contribution in [2.24, 2.45) is 5.92 Å². The molecule has 0 saturated heterocycles. The van der Waals surface area contributed by atoms with E-state index in [4.69, 9.17) is 27.9 Å². The quantitative estimate of drug-likeness (QED) is 0.260. The molecule has 0 heterocycles. The lowest BCUT2D eigenvalue weighted by Crippen LogP contribution is -2.52. The van der Waals surface area contributed by atoms with Gasteiger partial charge in [0, 0.05) is 24.0 Å². The van der Waals surface area contributed by atoms with E-state index in [1.54, 1.807) is 29.2 Å². The Morgan fingerprint density at radius 1 is 0.973 bits per heavy atom. The lowest BCUT2D eigenvalue weighted by atomic mass is 10.0. The van der Waals surface area contributed by atoms with Gasteiger partial charge >= 0.3 is 0 Å². The van der Waals surface area contributed by atoms with Crippen LogP contribution in [-0.4, -0.2) is 35.9 Å². The maximum Gasteiger partial charge on any atom is 0.261 e. The third-order valence-corrected chi connectivity index (χ3v) is 7.41. The molecule has 8 heteroatoms. The first-order valence-electron chi connectivity index (χ1n) is 12.1. The van der Waals surface area contributed by atoms with Gasteiger partial charge < -0.3 is 15.0 Å². The van der Waals surface area contributed by atoms with Crippen molar-refractivity contribution in [2.75, 3.05) is 13.2 Å². The van der Waals surface area contributed by atoms with Gasteiger partial charge in [0.1, 0.15) is 11.8 Å². The summed E-state index contributed by atoms with van der Waals surface area (Å²) in [4.78, 5) is 28.7. The molecule has 0 aliphatic carbocycles. The van der Waals surface area contributed by atoms with E-state index in [-0.39, 0.29) is 30.9 Å². The Hall–Kier alpha value is -2.54. The normalized spacial score (nSPS) is 11.8. The Morgan fingerprint density at radius 3 is 2.35 bits per heavy atom. The summed E-state index contributed by atoms with van der Waals surface area (Å²) in [7, 11) is 0. The first-order chi connectivity index (χ1) is 17.6. The fraction of sp³-hybridized carbons (Fsp3) is 0.310. The van der Waals surface area contributed by atoms with Crippen LogP contribution in [0.4, 0.5) is 0 Å². The minimum Gasteiger partial charge on any atom is -0.484 e. The Balaban J connectivity index is 1.92. The predicted molar refractivity (Wildman–Crippen MR) is 153 cm³/mol. The van der Waals surface area contributed by atoms with Gasteiger partial charge in [-0.25, -0.2) is 0 Å². The Morgan fingerprint density at radius 2 is 1.70 bits per heavy atom. The van der Waals surface area contributed by atoms with E-state index in [1.165, 1.54) is 0 Å². The van der Waals surface area contributed by atoms with Crippen molar-refractivity contribution in [3.63, 3.8) is 0 Å². The molecule has 0 aromatic heterocycles. The first-order valence-corrected chi connectivity index (χ1v) is 13.6. The SMILES string of the molecule is Cc1cc(OCC(=O)N(Cc2ccc(Cl)c(Cl)c2)[C@@H](Cc2ccccc2)C(=O)NCC(C)C)ccc1Br. The molecular formula is C29H31BrCl2N2O3. The molecule has 0 radical (unpaired) electrons. The van der Waals surface area contributed by atoms with Crippen LogP contribution >= 0.6 is 39.1 Å². The topological polar surface area (TPSA) is 58.6 Å². The number of halogens is 3. The zero-order valence-corrected chi connectivity index (χ0v) is 24.2. The van der Waals surface area contributed by atoms with Crippen LogP contribution in [0.2, 0.25) is 10.0 Å². The Kier molecular flexibility index (Phi) is 10.9. The molecule has 0 bridgehead atoms. The van der Waals surface area contributed by atoms with Gasteiger partial charge in [0.25, 0.3) is 5.91 Å². The minimum absolute atomic E-state index is 0.172. The smallest absolute Gasteiger partial charge is 0.261 e. The molecule has 1 N–H and O–H groups in total. The molecule has 196 valence electrons. The van der Waals surface area contributed by atoms with Gasteiger partial charge in [-0.15, -0.1) is 0 Å². The van der Waals surface area contributed by atoms with Crippen LogP contribution in [-0.2, 0) is 22.6 Å². The summed E-state index contributed by atoms with van der Waals surface area (Å²) in [5, 5.41) is 3.82. The first kappa shape index (κ1) is 29.0. The fourth-order valence-corrected chi connectivity index (χ4v) is 4.31. The second kappa shape index (κ2) is 13.8. The number of nitrogens with zero attached hydrogens (tertiary/aromatic N) is 1. The van der Waals surface area contributed by atoms with Gasteiger partial charge in [-0.1, -0.05) is 89.4 Å². The van der Waals surface area contributed by atoms with E-state index in [0.717, 1.165) is 21.2 Å². The second-order valence-corrected chi connectivity index (χ2v) is 11.0. The van der Waals surface area contributed by atoms with Gasteiger partial charge in [-0.05, 0) is 59.9 Å². The maximum atomic E-state index is 13.7. The highest BCUT2D eigenvalue weighted by atomic mass is 79.9. The molecule has 0 saturated carbocycles. The van der Waals surface area contributed by atoms with E-state index in [2.05, 4.69) is 21.2 Å². The number of carbonyl (C=O) groups is 2. The molecule has 5 nitrogen and oxygen atoms in total. The Bertz CT molecular complexity index is 1220. The average Bonchev–Trinajstić information content (AvgIpc) is 2.87. The van der Waals surface area contributed by atoms with Crippen LogP contribution in [0.5, 0.6) is 5.75 Å². The van der Waals surface area contributed by atoms with Crippen molar-refractivity contribution in [2.45, 2.75) is 39.8 Å². The van der Waals surface area contributed by atoms with Crippen molar-refractivity contribution < 1.29 is 14.3 Å². The van der Waals surface area contributed by atoms with Crippen molar-refractivity contribution in [3.05, 3.63) is 97.9 Å². The molecule has 37 heavy (non-hydrogen) atoms. The number of amides is 2. The van der Waals surface area contributed by atoms with E-state index < -0.39 is 6.04 Å². The number of ether oxygens (including phenoxy) is 1. The number of rotatable bonds is 11. The van der Waals surface area contributed by atoms with Crippen molar-refractivity contribution in [3.8, 4) is 5.75 Å². The van der Waals surface area contributed by atoms with Crippen molar-refractivity contribution >= 4 is 50.9 Å². The molecular weight excluding hydrogens is 575 g/mol. The molecule has 0 spiro atoms. The summed E-state index contributed by atoms with van der Waals surface area (Å²) >= 11 is 15.8. The van der Waals surface area contributed by atoms with Gasteiger partial charge in [0.15, 0.2) is 6.61 Å². The van der Waals surface area contributed by atoms with Crippen LogP contribution in [0.25, 0.3) is 0 Å². The summed E-state index contributed by atoms with van der Waals surface area (Å²) in [5.74, 6) is 0.314. The number of carbonyl (C=O) groups excluding carboxylic acids is 2. The highest BCUT2D eigenvalue weighted by Gasteiger charge is 2.31. The third kappa shape index (κ3) is 8.77. The molecule has 2 amide bonds. The van der Waals surface area contributed by atoms with Crippen LogP contribution in [0, 0.1) is 12.8 Å². The van der Waals surface area contributed by atoms with Crippen LogP contribution in [0.15, 0.2) is 71.2 Å². The molecule has 1 atom stereocenters. The van der Waals surface area contributed by atoms with E-state index in [1.807, 2.05) is 63.2 Å². The summed E-state index contributed by atoms with van der Waals surface area (Å²) in [6.45, 7) is 6.46. The van der Waals surface area contributed by atoms with Crippen LogP contribution in [0.1, 0.15) is 30.5 Å². The van der Waals surface area contributed by atoms with Crippen molar-refractivity contribution in [1.29, 1.82) is 0 Å². The second-order valence-electron chi connectivity index (χ2n) is 9.31. The van der Waals surface area contributed by atoms with Crippen molar-refractivity contribution in [1.82, 2.24) is 10.2 Å². The molecule has 0 aliphatic heterocycles. The zero-order chi connectivity index (χ0) is 26.9. The number of aryl methyl sites for hydroxylation is 1. The largest absolute Gasteiger partial charge is 0.484 e. The summed E-state index contributed by atoms with van der Waals surface area (Å²) in [6.07, 6.45) is 0.356. The fourth-order valence-electron chi connectivity index (χ4n) is 3.75. The molecule has 3 rings (SSSR count). The van der Waals surface area contributed by atoms with E-state index in [9.17, 15) is 9.59 Å². The van der Waals surface area contributed by atoms with Gasteiger partial charge in [0.05, 0.1) is 10.0 Å². The summed E-state index contributed by atoms with van der Waals surface area (Å²) < 4.78 is 6.81. The summed E-state index contributed by atoms with van der Waals surface area (Å²) in [5.41, 5.74) is 2.70. The van der Waals surface area contributed by atoms with Gasteiger partial charge in [-0.2, -0.15) is 0 Å². The number of benzene rings is 3. The van der Waals surface area contributed by atoms with Crippen LogP contribution < -0.4 is 10.1 Å². The van der Waals surface area contributed by atoms with E-state index in [0.29, 0.717) is 28.8 Å². The molecule has 0 aliphatic rings. The van der Waals surface area contributed by atoms with Gasteiger partial charge in [-0.3, -0.25) is 9.59 Å². The van der Waals surface area contributed by atoms with Crippen LogP contribution in [0.3, 0.4) is 0 Å². The number of nitrogens with one attached hydrogen (secondary N) is 1. The minimum atomic E-state index is -0.752. The predicted octanol–water partition coefficient (Wildman–Crippen LogP) is 6.86. The van der Waals surface area contributed by atoms with E-state index >= 15 is 0 Å². The highest BCUT2D eigenvalue weighted by molar-refractivity contribution is 9.10. The molecule has 0 unspecified atom stereocenters. The lowest BCUT2D eigenvalue weighted by Gasteiger charge is -2.32. The number of hydrogen-bond donors (Lipinski definition) is 1. The Labute approximate surface area is 237 Å². The molecule has 3 aromatic rings. The lowest BCUT2D eigenvalue weighted by molar-refractivity contribution is -0.142.